The standard InChI is InChI=1S/C14H15BrClNO/c15-12-4-3-10(16)7-11(12)13(18)17-8-14(5-6-14)9-1-2-9/h3-4,7,9H,1-2,5-6,8H2,(H,17,18). The van der Waals surface area contributed by atoms with Crippen LogP contribution < -0.4 is 5.32 Å². The van der Waals surface area contributed by atoms with Gasteiger partial charge in [0.05, 0.1) is 5.56 Å². The first kappa shape index (κ1) is 12.5. The average molecular weight is 329 g/mol. The Morgan fingerprint density at radius 2 is 2.17 bits per heavy atom. The number of halogens is 2. The first-order chi connectivity index (χ1) is 8.61. The van der Waals surface area contributed by atoms with Crippen molar-refractivity contribution in [2.45, 2.75) is 25.7 Å². The van der Waals surface area contributed by atoms with Gasteiger partial charge in [-0.25, -0.2) is 0 Å². The third-order valence-electron chi connectivity index (χ3n) is 4.11. The molecule has 96 valence electrons. The van der Waals surface area contributed by atoms with Crippen LogP contribution in [0.15, 0.2) is 22.7 Å². The summed E-state index contributed by atoms with van der Waals surface area (Å²) in [5.41, 5.74) is 1.05. The number of amides is 1. The molecule has 0 spiro atoms. The molecule has 1 N–H and O–H groups in total. The average Bonchev–Trinajstić information content (AvgIpc) is 3.21. The molecule has 0 unspecified atom stereocenters. The van der Waals surface area contributed by atoms with E-state index in [9.17, 15) is 4.79 Å². The molecule has 0 heterocycles. The SMILES string of the molecule is O=C(NCC1(C2CC2)CC1)c1cc(Cl)ccc1Br. The van der Waals surface area contributed by atoms with Gasteiger partial charge in [0.2, 0.25) is 0 Å². The molecule has 0 bridgehead atoms. The second kappa shape index (κ2) is 4.53. The maximum Gasteiger partial charge on any atom is 0.252 e. The Hall–Kier alpha value is -0.540. The molecule has 4 heteroatoms. The molecule has 3 rings (SSSR count). The molecule has 0 saturated heterocycles. The summed E-state index contributed by atoms with van der Waals surface area (Å²) in [5, 5.41) is 3.65. The summed E-state index contributed by atoms with van der Waals surface area (Å²) < 4.78 is 0.792. The topological polar surface area (TPSA) is 29.1 Å². The number of hydrogen-bond acceptors (Lipinski definition) is 1. The van der Waals surface area contributed by atoms with Gasteiger partial charge < -0.3 is 5.32 Å². The first-order valence-corrected chi connectivity index (χ1v) is 7.51. The fourth-order valence-electron chi connectivity index (χ4n) is 2.61. The zero-order valence-corrected chi connectivity index (χ0v) is 12.4. The summed E-state index contributed by atoms with van der Waals surface area (Å²) in [7, 11) is 0. The van der Waals surface area contributed by atoms with E-state index in [2.05, 4.69) is 21.2 Å². The Kier molecular flexibility index (Phi) is 3.15. The predicted molar refractivity (Wildman–Crippen MR) is 75.9 cm³/mol. The monoisotopic (exact) mass is 327 g/mol. The normalized spacial score (nSPS) is 20.6. The molecule has 0 aliphatic heterocycles. The van der Waals surface area contributed by atoms with Crippen LogP contribution in [0, 0.1) is 11.3 Å². The summed E-state index contributed by atoms with van der Waals surface area (Å²) in [6.45, 7) is 0.815. The number of benzene rings is 1. The number of hydrogen-bond donors (Lipinski definition) is 1. The largest absolute Gasteiger partial charge is 0.351 e. The smallest absolute Gasteiger partial charge is 0.252 e. The molecule has 2 aliphatic carbocycles. The second-order valence-electron chi connectivity index (χ2n) is 5.44. The Balaban J connectivity index is 1.65. The Bertz CT molecular complexity index is 495. The second-order valence-corrected chi connectivity index (χ2v) is 6.73. The van der Waals surface area contributed by atoms with E-state index in [0.717, 1.165) is 16.9 Å². The lowest BCUT2D eigenvalue weighted by molar-refractivity contribution is 0.0942. The van der Waals surface area contributed by atoms with Gasteiger partial charge in [0.15, 0.2) is 0 Å². The minimum atomic E-state index is -0.0312. The molecule has 2 saturated carbocycles. The fraction of sp³-hybridized carbons (Fsp3) is 0.500. The van der Waals surface area contributed by atoms with Crippen molar-refractivity contribution in [2.24, 2.45) is 11.3 Å². The maximum atomic E-state index is 12.1. The first-order valence-electron chi connectivity index (χ1n) is 6.34. The summed E-state index contributed by atoms with van der Waals surface area (Å²) in [6.07, 6.45) is 5.23. The molecule has 0 atom stereocenters. The lowest BCUT2D eigenvalue weighted by Gasteiger charge is -2.15. The van der Waals surface area contributed by atoms with E-state index in [0.29, 0.717) is 16.0 Å². The summed E-state index contributed by atoms with van der Waals surface area (Å²) >= 11 is 9.31. The van der Waals surface area contributed by atoms with E-state index in [4.69, 9.17) is 11.6 Å². The zero-order chi connectivity index (χ0) is 12.8. The zero-order valence-electron chi connectivity index (χ0n) is 10.0. The van der Waals surface area contributed by atoms with Crippen molar-refractivity contribution in [2.75, 3.05) is 6.54 Å². The minimum Gasteiger partial charge on any atom is -0.351 e. The number of carbonyl (C=O) groups excluding carboxylic acids is 1. The van der Waals surface area contributed by atoms with Crippen molar-refractivity contribution in [3.63, 3.8) is 0 Å². The Morgan fingerprint density at radius 3 is 2.78 bits per heavy atom. The van der Waals surface area contributed by atoms with E-state index >= 15 is 0 Å². The lowest BCUT2D eigenvalue weighted by Crippen LogP contribution is -2.31. The van der Waals surface area contributed by atoms with Crippen molar-refractivity contribution >= 4 is 33.4 Å². The van der Waals surface area contributed by atoms with Crippen molar-refractivity contribution < 1.29 is 4.79 Å². The maximum absolute atomic E-state index is 12.1. The van der Waals surface area contributed by atoms with E-state index in [-0.39, 0.29) is 5.91 Å². The molecular weight excluding hydrogens is 314 g/mol. The number of nitrogens with one attached hydrogen (secondary N) is 1. The van der Waals surface area contributed by atoms with Gasteiger partial charge in [0.1, 0.15) is 0 Å². The van der Waals surface area contributed by atoms with Gasteiger partial charge >= 0.3 is 0 Å². The summed E-state index contributed by atoms with van der Waals surface area (Å²) in [4.78, 5) is 12.1. The van der Waals surface area contributed by atoms with Crippen molar-refractivity contribution in [3.8, 4) is 0 Å². The van der Waals surface area contributed by atoms with Crippen molar-refractivity contribution in [1.29, 1.82) is 0 Å². The van der Waals surface area contributed by atoms with Crippen LogP contribution in [0.3, 0.4) is 0 Å². The lowest BCUT2D eigenvalue weighted by atomic mass is 10.0. The van der Waals surface area contributed by atoms with Crippen LogP contribution in [0.4, 0.5) is 0 Å². The van der Waals surface area contributed by atoms with Crippen LogP contribution in [0.25, 0.3) is 0 Å². The Morgan fingerprint density at radius 1 is 1.44 bits per heavy atom. The summed E-state index contributed by atoms with van der Waals surface area (Å²) in [6, 6.07) is 5.29. The minimum absolute atomic E-state index is 0.0312. The number of carbonyl (C=O) groups is 1. The highest BCUT2D eigenvalue weighted by Gasteiger charge is 2.53. The van der Waals surface area contributed by atoms with Crippen LogP contribution in [0.5, 0.6) is 0 Å². The van der Waals surface area contributed by atoms with E-state index in [1.807, 2.05) is 6.07 Å². The van der Waals surface area contributed by atoms with E-state index < -0.39 is 0 Å². The molecular formula is C14H15BrClNO. The third-order valence-corrected chi connectivity index (χ3v) is 5.04. The van der Waals surface area contributed by atoms with Crippen molar-refractivity contribution in [1.82, 2.24) is 5.32 Å². The van der Waals surface area contributed by atoms with Crippen LogP contribution in [-0.2, 0) is 0 Å². The third kappa shape index (κ3) is 2.43. The van der Waals surface area contributed by atoms with Gasteiger partial charge in [-0.15, -0.1) is 0 Å². The molecule has 2 fully saturated rings. The molecule has 0 radical (unpaired) electrons. The van der Waals surface area contributed by atoms with Gasteiger partial charge in [-0.05, 0) is 71.1 Å². The summed E-state index contributed by atoms with van der Waals surface area (Å²) in [5.74, 6) is 0.830. The van der Waals surface area contributed by atoms with Crippen molar-refractivity contribution in [3.05, 3.63) is 33.3 Å². The fourth-order valence-corrected chi connectivity index (χ4v) is 3.21. The molecule has 18 heavy (non-hydrogen) atoms. The molecule has 1 aromatic rings. The van der Waals surface area contributed by atoms with E-state index in [1.165, 1.54) is 25.7 Å². The highest BCUT2D eigenvalue weighted by atomic mass is 79.9. The molecule has 0 aromatic heterocycles. The quantitative estimate of drug-likeness (QED) is 0.888. The predicted octanol–water partition coefficient (Wildman–Crippen LogP) is 4.02. The molecule has 1 amide bonds. The molecule has 2 nitrogen and oxygen atoms in total. The molecule has 1 aromatic carbocycles. The van der Waals surface area contributed by atoms with E-state index in [1.54, 1.807) is 12.1 Å². The Labute approximate surface area is 120 Å². The van der Waals surface area contributed by atoms with Crippen LogP contribution in [0.1, 0.15) is 36.0 Å². The van der Waals surface area contributed by atoms with Gasteiger partial charge in [-0.2, -0.15) is 0 Å². The number of rotatable bonds is 4. The molecule has 2 aliphatic rings. The highest BCUT2D eigenvalue weighted by Crippen LogP contribution is 2.60. The van der Waals surface area contributed by atoms with Crippen LogP contribution >= 0.6 is 27.5 Å². The van der Waals surface area contributed by atoms with Gasteiger partial charge in [0.25, 0.3) is 5.91 Å². The van der Waals surface area contributed by atoms with Gasteiger partial charge in [0, 0.05) is 16.0 Å². The van der Waals surface area contributed by atoms with Crippen LogP contribution in [0.2, 0.25) is 5.02 Å². The highest BCUT2D eigenvalue weighted by molar-refractivity contribution is 9.10. The van der Waals surface area contributed by atoms with Crippen LogP contribution in [-0.4, -0.2) is 12.5 Å². The van der Waals surface area contributed by atoms with Gasteiger partial charge in [-0.1, -0.05) is 11.6 Å². The van der Waals surface area contributed by atoms with Gasteiger partial charge in [-0.3, -0.25) is 4.79 Å².